The van der Waals surface area contributed by atoms with Crippen LogP contribution in [0.3, 0.4) is 0 Å². The molecule has 268 valence electrons. The van der Waals surface area contributed by atoms with Crippen LogP contribution in [0.15, 0.2) is 170 Å². The molecule has 10 heteroatoms. The third kappa shape index (κ3) is 9.95. The average molecular weight is 761 g/mol. The summed E-state index contributed by atoms with van der Waals surface area (Å²) in [5.41, 5.74) is 8.19. The summed E-state index contributed by atoms with van der Waals surface area (Å²) < 4.78 is 2.19. The number of nitrogens with zero attached hydrogens (tertiary/aromatic N) is 5. The van der Waals surface area contributed by atoms with Crippen molar-refractivity contribution in [3.05, 3.63) is 192 Å². The summed E-state index contributed by atoms with van der Waals surface area (Å²) in [6.45, 7) is 0. The SMILES string of the molecule is N#Cc1cc(Nc2ccccc2)c(N(Pc2ccc(P)cc2)c2ccccc2)cc1C#N.N#Cc1cc(Nc2ccccc2)c(Nc2ccccc2)cc1C#N. The second-order valence-corrected chi connectivity index (χ2v) is 14.1. The number of hydrogen-bond acceptors (Lipinski definition) is 8. The minimum Gasteiger partial charge on any atom is -0.354 e. The first kappa shape index (κ1) is 38.3. The molecule has 0 aromatic heterocycles. The first-order valence-electron chi connectivity index (χ1n) is 17.4. The Balaban J connectivity index is 0.000000198. The molecule has 56 heavy (non-hydrogen) atoms. The van der Waals surface area contributed by atoms with E-state index in [1.165, 1.54) is 0 Å². The lowest BCUT2D eigenvalue weighted by Crippen LogP contribution is -2.13. The lowest BCUT2D eigenvalue weighted by atomic mass is 10.1. The summed E-state index contributed by atoms with van der Waals surface area (Å²) in [5.74, 6) is 0. The number of para-hydroxylation sites is 4. The fourth-order valence-electron chi connectivity index (χ4n) is 5.61. The van der Waals surface area contributed by atoms with E-state index in [1.54, 1.807) is 24.3 Å². The van der Waals surface area contributed by atoms with Gasteiger partial charge in [0.1, 0.15) is 24.3 Å². The highest BCUT2D eigenvalue weighted by atomic mass is 31.1. The molecule has 0 aliphatic carbocycles. The number of rotatable bonds is 10. The third-order valence-electron chi connectivity index (χ3n) is 8.34. The van der Waals surface area contributed by atoms with E-state index >= 15 is 0 Å². The second kappa shape index (κ2) is 19.1. The van der Waals surface area contributed by atoms with E-state index < -0.39 is 0 Å². The zero-order chi connectivity index (χ0) is 39.1. The monoisotopic (exact) mass is 760 g/mol. The maximum atomic E-state index is 9.69. The first-order chi connectivity index (χ1) is 27.5. The zero-order valence-corrected chi connectivity index (χ0v) is 32.1. The average Bonchev–Trinajstić information content (AvgIpc) is 3.25. The molecule has 0 aliphatic rings. The molecule has 0 bridgehead atoms. The van der Waals surface area contributed by atoms with E-state index in [9.17, 15) is 21.0 Å². The van der Waals surface area contributed by atoms with Crippen molar-refractivity contribution in [1.82, 2.24) is 0 Å². The highest BCUT2D eigenvalue weighted by molar-refractivity contribution is 7.49. The van der Waals surface area contributed by atoms with E-state index in [1.807, 2.05) is 121 Å². The highest BCUT2D eigenvalue weighted by Gasteiger charge is 2.19. The van der Waals surface area contributed by atoms with E-state index in [0.29, 0.717) is 31.0 Å². The van der Waals surface area contributed by atoms with Crippen LogP contribution >= 0.6 is 18.0 Å². The lowest BCUT2D eigenvalue weighted by Gasteiger charge is -2.28. The Hall–Kier alpha value is -7.44. The Labute approximate surface area is 331 Å². The molecule has 0 aliphatic heterocycles. The van der Waals surface area contributed by atoms with Gasteiger partial charge in [-0.25, -0.2) is 0 Å². The Morgan fingerprint density at radius 3 is 1.20 bits per heavy atom. The maximum Gasteiger partial charge on any atom is 0.101 e. The van der Waals surface area contributed by atoms with Crippen LogP contribution < -0.4 is 31.2 Å². The summed E-state index contributed by atoms with van der Waals surface area (Å²) in [6.07, 6.45) is 0. The van der Waals surface area contributed by atoms with Crippen molar-refractivity contribution in [2.45, 2.75) is 0 Å². The van der Waals surface area contributed by atoms with Crippen molar-refractivity contribution >= 4 is 74.1 Å². The van der Waals surface area contributed by atoms with Gasteiger partial charge in [0.2, 0.25) is 0 Å². The van der Waals surface area contributed by atoms with Crippen molar-refractivity contribution in [3.63, 3.8) is 0 Å². The molecule has 0 saturated heterocycles. The molecule has 0 spiro atoms. The van der Waals surface area contributed by atoms with Gasteiger partial charge in [-0.3, -0.25) is 0 Å². The number of anilines is 8. The predicted molar refractivity (Wildman–Crippen MR) is 233 cm³/mol. The lowest BCUT2D eigenvalue weighted by molar-refractivity contribution is 1.37. The second-order valence-electron chi connectivity index (χ2n) is 12.2. The standard InChI is InChI=1S/C26H20N4P2.C20H14N4/c27-17-19-15-25(29-21-7-3-1-4-8-21)26(16-20(19)18-28)30(22-9-5-2-6-10-22)32-24-13-11-23(31)12-14-24;21-13-15-11-19(23-17-7-3-1-4-8-17)20(12-16(15)14-22)24-18-9-5-2-6-10-18/h1-16,29,32H,31H2;1-12,23-24H. The van der Waals surface area contributed by atoms with Gasteiger partial charge < -0.3 is 20.6 Å². The van der Waals surface area contributed by atoms with Crippen molar-refractivity contribution in [2.75, 3.05) is 20.6 Å². The van der Waals surface area contributed by atoms with Crippen LogP contribution in [0.5, 0.6) is 0 Å². The summed E-state index contributed by atoms with van der Waals surface area (Å²) in [6, 6.07) is 63.0. The molecule has 0 heterocycles. The third-order valence-corrected chi connectivity index (χ3v) is 10.0. The van der Waals surface area contributed by atoms with Crippen LogP contribution in [-0.2, 0) is 0 Å². The van der Waals surface area contributed by atoms with Gasteiger partial charge in [0, 0.05) is 31.5 Å². The zero-order valence-electron chi connectivity index (χ0n) is 30.0. The van der Waals surface area contributed by atoms with Crippen molar-refractivity contribution in [2.24, 2.45) is 0 Å². The topological polar surface area (TPSA) is 134 Å². The molecule has 0 amide bonds. The van der Waals surface area contributed by atoms with Gasteiger partial charge in [0.15, 0.2) is 0 Å². The molecule has 7 aromatic carbocycles. The summed E-state index contributed by atoms with van der Waals surface area (Å²) in [4.78, 5) is 0. The molecule has 0 saturated carbocycles. The smallest absolute Gasteiger partial charge is 0.101 e. The van der Waals surface area contributed by atoms with Gasteiger partial charge in [-0.15, -0.1) is 9.24 Å². The first-order valence-corrected chi connectivity index (χ1v) is 18.9. The Bertz CT molecular complexity index is 2500. The fraction of sp³-hybridized carbons (Fsp3) is 0. The van der Waals surface area contributed by atoms with Crippen LogP contribution in [0, 0.1) is 45.3 Å². The summed E-state index contributed by atoms with van der Waals surface area (Å²) in [5, 5.41) is 50.2. The normalized spacial score (nSPS) is 10.1. The fourth-order valence-corrected chi connectivity index (χ4v) is 6.96. The van der Waals surface area contributed by atoms with Gasteiger partial charge >= 0.3 is 0 Å². The highest BCUT2D eigenvalue weighted by Crippen LogP contribution is 2.42. The number of nitriles is 4. The van der Waals surface area contributed by atoms with E-state index in [-0.39, 0.29) is 0 Å². The van der Waals surface area contributed by atoms with Gasteiger partial charge in [-0.05, 0) is 83.4 Å². The van der Waals surface area contributed by atoms with Crippen LogP contribution in [0.4, 0.5) is 45.5 Å². The van der Waals surface area contributed by atoms with Crippen LogP contribution in [0.2, 0.25) is 0 Å². The summed E-state index contributed by atoms with van der Waals surface area (Å²) in [7, 11) is 3.00. The Kier molecular flexibility index (Phi) is 13.0. The minimum atomic E-state index is 0.291. The molecule has 8 nitrogen and oxygen atoms in total. The molecule has 0 fully saturated rings. The Morgan fingerprint density at radius 2 is 0.786 bits per heavy atom. The van der Waals surface area contributed by atoms with Crippen LogP contribution in [0.25, 0.3) is 0 Å². The molecule has 0 radical (unpaired) electrons. The van der Waals surface area contributed by atoms with Gasteiger partial charge in [-0.1, -0.05) is 97.1 Å². The number of nitrogens with one attached hydrogen (secondary N) is 3. The number of benzene rings is 7. The van der Waals surface area contributed by atoms with Crippen LogP contribution in [0.1, 0.15) is 22.3 Å². The largest absolute Gasteiger partial charge is 0.354 e. The Morgan fingerprint density at radius 1 is 0.429 bits per heavy atom. The quantitative estimate of drug-likeness (QED) is 0.117. The maximum absolute atomic E-state index is 9.69. The van der Waals surface area contributed by atoms with E-state index in [0.717, 1.165) is 56.1 Å². The summed E-state index contributed by atoms with van der Waals surface area (Å²) >= 11 is 0. The van der Waals surface area contributed by atoms with E-state index in [4.69, 9.17) is 0 Å². The van der Waals surface area contributed by atoms with Crippen molar-refractivity contribution in [3.8, 4) is 24.3 Å². The molecule has 7 aromatic rings. The minimum absolute atomic E-state index is 0.291. The molecular formula is C46H34N8P2. The molecule has 3 N–H and O–H groups in total. The molecule has 7 rings (SSSR count). The molecule has 2 atom stereocenters. The van der Waals surface area contributed by atoms with Crippen LogP contribution in [-0.4, -0.2) is 0 Å². The van der Waals surface area contributed by atoms with Gasteiger partial charge in [-0.2, -0.15) is 21.0 Å². The van der Waals surface area contributed by atoms with E-state index in [2.05, 4.69) is 78.4 Å². The van der Waals surface area contributed by atoms with Crippen molar-refractivity contribution in [1.29, 1.82) is 21.0 Å². The molecular weight excluding hydrogens is 727 g/mol. The van der Waals surface area contributed by atoms with Gasteiger partial charge in [0.05, 0.1) is 45.0 Å². The van der Waals surface area contributed by atoms with Crippen molar-refractivity contribution < 1.29 is 0 Å². The predicted octanol–water partition coefficient (Wildman–Crippen LogP) is 10.6. The molecule has 2 unspecified atom stereocenters. The van der Waals surface area contributed by atoms with Gasteiger partial charge in [0.25, 0.3) is 0 Å². The number of hydrogen-bond donors (Lipinski definition) is 3.